The van der Waals surface area contributed by atoms with Gasteiger partial charge in [-0.05, 0) is 38.8 Å². The minimum atomic E-state index is 0.801. The average Bonchev–Trinajstić information content (AvgIpc) is 2.38. The zero-order valence-electron chi connectivity index (χ0n) is 11.7. The molecule has 1 saturated heterocycles. The van der Waals surface area contributed by atoms with E-state index >= 15 is 0 Å². The molecule has 0 radical (unpaired) electrons. The summed E-state index contributed by atoms with van der Waals surface area (Å²) >= 11 is 0. The molecule has 4 heteroatoms. The number of piperidine rings is 1. The van der Waals surface area contributed by atoms with E-state index in [4.69, 9.17) is 0 Å². The summed E-state index contributed by atoms with van der Waals surface area (Å²) in [7, 11) is 1.95. The third-order valence-corrected chi connectivity index (χ3v) is 3.63. The molecular weight excluding hydrogens is 224 g/mol. The summed E-state index contributed by atoms with van der Waals surface area (Å²) in [5, 5.41) is 3.15. The predicted molar refractivity (Wildman–Crippen MR) is 74.8 cm³/mol. The number of nitrogens with zero attached hydrogens (tertiary/aromatic N) is 3. The van der Waals surface area contributed by atoms with Crippen LogP contribution in [0.2, 0.25) is 0 Å². The molecule has 4 nitrogen and oxygen atoms in total. The van der Waals surface area contributed by atoms with Gasteiger partial charge in [-0.15, -0.1) is 0 Å². The smallest absolute Gasteiger partial charge is 0.225 e. The summed E-state index contributed by atoms with van der Waals surface area (Å²) in [4.78, 5) is 11.6. The standard InChI is InChI=1S/C14H24N4/c1-4-12-6-5-7-18(10-12)14-16-11(2)8-13(17-14)9-15-3/h8,12,15H,4-7,9-10H2,1-3H3. The topological polar surface area (TPSA) is 41.1 Å². The first-order valence-electron chi connectivity index (χ1n) is 6.97. The number of rotatable bonds is 4. The van der Waals surface area contributed by atoms with Gasteiger partial charge in [0.1, 0.15) is 0 Å². The van der Waals surface area contributed by atoms with Crippen LogP contribution in [-0.4, -0.2) is 30.1 Å². The van der Waals surface area contributed by atoms with Crippen molar-refractivity contribution in [2.24, 2.45) is 5.92 Å². The molecule has 1 N–H and O–H groups in total. The summed E-state index contributed by atoms with van der Waals surface area (Å²) < 4.78 is 0. The van der Waals surface area contributed by atoms with Gasteiger partial charge in [-0.1, -0.05) is 13.3 Å². The molecule has 0 amide bonds. The van der Waals surface area contributed by atoms with Crippen LogP contribution in [0, 0.1) is 12.8 Å². The SMILES string of the molecule is CCC1CCCN(c2nc(C)cc(CNC)n2)C1. The molecule has 100 valence electrons. The lowest BCUT2D eigenvalue weighted by Gasteiger charge is -2.32. The fourth-order valence-corrected chi connectivity index (χ4v) is 2.61. The second-order valence-electron chi connectivity index (χ2n) is 5.19. The summed E-state index contributed by atoms with van der Waals surface area (Å²) in [6.07, 6.45) is 3.87. The van der Waals surface area contributed by atoms with E-state index in [0.717, 1.165) is 42.9 Å². The highest BCUT2D eigenvalue weighted by Gasteiger charge is 2.20. The second-order valence-corrected chi connectivity index (χ2v) is 5.19. The molecule has 2 rings (SSSR count). The maximum atomic E-state index is 4.67. The number of anilines is 1. The van der Waals surface area contributed by atoms with Gasteiger partial charge in [0.05, 0.1) is 5.69 Å². The van der Waals surface area contributed by atoms with Crippen LogP contribution in [0.5, 0.6) is 0 Å². The molecule has 1 aliphatic heterocycles. The van der Waals surface area contributed by atoms with E-state index in [1.54, 1.807) is 0 Å². The molecular formula is C14H24N4. The monoisotopic (exact) mass is 248 g/mol. The van der Waals surface area contributed by atoms with E-state index in [1.807, 2.05) is 14.0 Å². The van der Waals surface area contributed by atoms with E-state index in [9.17, 15) is 0 Å². The van der Waals surface area contributed by atoms with Gasteiger partial charge in [0.25, 0.3) is 0 Å². The molecule has 0 aromatic carbocycles. The van der Waals surface area contributed by atoms with Crippen LogP contribution in [0.3, 0.4) is 0 Å². The number of hydrogen-bond acceptors (Lipinski definition) is 4. The van der Waals surface area contributed by atoms with Crippen LogP contribution in [0.25, 0.3) is 0 Å². The highest BCUT2D eigenvalue weighted by Crippen LogP contribution is 2.22. The van der Waals surface area contributed by atoms with E-state index in [1.165, 1.54) is 19.3 Å². The molecule has 2 heterocycles. The van der Waals surface area contributed by atoms with E-state index in [2.05, 4.69) is 33.2 Å². The fourth-order valence-electron chi connectivity index (χ4n) is 2.61. The minimum absolute atomic E-state index is 0.801. The molecule has 1 aromatic heterocycles. The first kappa shape index (κ1) is 13.3. The zero-order chi connectivity index (χ0) is 13.0. The van der Waals surface area contributed by atoms with Crippen molar-refractivity contribution in [1.29, 1.82) is 0 Å². The molecule has 0 bridgehead atoms. The van der Waals surface area contributed by atoms with Gasteiger partial charge in [-0.3, -0.25) is 0 Å². The Morgan fingerprint density at radius 2 is 2.28 bits per heavy atom. The molecule has 1 aliphatic rings. The molecule has 0 saturated carbocycles. The van der Waals surface area contributed by atoms with Crippen LogP contribution >= 0.6 is 0 Å². The number of nitrogens with one attached hydrogen (secondary N) is 1. The maximum absolute atomic E-state index is 4.67. The lowest BCUT2D eigenvalue weighted by molar-refractivity contribution is 0.400. The Hall–Kier alpha value is -1.16. The van der Waals surface area contributed by atoms with Crippen molar-refractivity contribution in [1.82, 2.24) is 15.3 Å². The Labute approximate surface area is 110 Å². The van der Waals surface area contributed by atoms with Gasteiger partial charge in [0.2, 0.25) is 5.95 Å². The summed E-state index contributed by atoms with van der Waals surface area (Å²) in [5.74, 6) is 1.72. The van der Waals surface area contributed by atoms with Gasteiger partial charge in [-0.25, -0.2) is 9.97 Å². The minimum Gasteiger partial charge on any atom is -0.341 e. The Morgan fingerprint density at radius 3 is 3.00 bits per heavy atom. The second kappa shape index (κ2) is 6.14. The summed E-state index contributed by atoms with van der Waals surface area (Å²) in [6.45, 7) is 7.34. The zero-order valence-corrected chi connectivity index (χ0v) is 11.7. The van der Waals surface area contributed by atoms with Crippen molar-refractivity contribution in [2.45, 2.75) is 39.7 Å². The lowest BCUT2D eigenvalue weighted by Crippen LogP contribution is -2.36. The largest absolute Gasteiger partial charge is 0.341 e. The molecule has 1 fully saturated rings. The van der Waals surface area contributed by atoms with Crippen molar-refractivity contribution in [3.05, 3.63) is 17.5 Å². The van der Waals surface area contributed by atoms with Crippen molar-refractivity contribution >= 4 is 5.95 Å². The third kappa shape index (κ3) is 3.19. The van der Waals surface area contributed by atoms with Gasteiger partial charge in [0, 0.05) is 25.3 Å². The molecule has 18 heavy (non-hydrogen) atoms. The predicted octanol–water partition coefficient (Wildman–Crippen LogP) is 2.13. The van der Waals surface area contributed by atoms with Crippen LogP contribution in [0.15, 0.2) is 6.07 Å². The average molecular weight is 248 g/mol. The van der Waals surface area contributed by atoms with Crippen LogP contribution in [0.4, 0.5) is 5.95 Å². The summed E-state index contributed by atoms with van der Waals surface area (Å²) in [6, 6.07) is 2.06. The first-order chi connectivity index (χ1) is 8.72. The van der Waals surface area contributed by atoms with Crippen molar-refractivity contribution in [3.8, 4) is 0 Å². The highest BCUT2D eigenvalue weighted by molar-refractivity contribution is 5.33. The summed E-state index contributed by atoms with van der Waals surface area (Å²) in [5.41, 5.74) is 2.14. The van der Waals surface area contributed by atoms with Crippen molar-refractivity contribution in [3.63, 3.8) is 0 Å². The van der Waals surface area contributed by atoms with Crippen LogP contribution in [0.1, 0.15) is 37.6 Å². The van der Waals surface area contributed by atoms with Gasteiger partial charge < -0.3 is 10.2 Å². The van der Waals surface area contributed by atoms with Gasteiger partial charge in [0.15, 0.2) is 0 Å². The molecule has 1 atom stereocenters. The Balaban J connectivity index is 2.16. The number of hydrogen-bond donors (Lipinski definition) is 1. The molecule has 0 spiro atoms. The van der Waals surface area contributed by atoms with Crippen molar-refractivity contribution < 1.29 is 0 Å². The van der Waals surface area contributed by atoms with Crippen LogP contribution in [-0.2, 0) is 6.54 Å². The molecule has 1 aromatic rings. The number of aromatic nitrogens is 2. The Morgan fingerprint density at radius 1 is 1.44 bits per heavy atom. The van der Waals surface area contributed by atoms with Gasteiger partial charge in [-0.2, -0.15) is 0 Å². The third-order valence-electron chi connectivity index (χ3n) is 3.63. The normalized spacial score (nSPS) is 20.2. The van der Waals surface area contributed by atoms with E-state index < -0.39 is 0 Å². The Bertz CT molecular complexity index is 391. The van der Waals surface area contributed by atoms with Gasteiger partial charge >= 0.3 is 0 Å². The van der Waals surface area contributed by atoms with Crippen LogP contribution < -0.4 is 10.2 Å². The molecule has 0 aliphatic carbocycles. The fraction of sp³-hybridized carbons (Fsp3) is 0.714. The van der Waals surface area contributed by atoms with E-state index in [0.29, 0.717) is 0 Å². The van der Waals surface area contributed by atoms with E-state index in [-0.39, 0.29) is 0 Å². The number of aryl methyl sites for hydroxylation is 1. The molecule has 1 unspecified atom stereocenters. The Kier molecular flexibility index (Phi) is 4.53. The quantitative estimate of drug-likeness (QED) is 0.886. The first-order valence-corrected chi connectivity index (χ1v) is 6.97. The lowest BCUT2D eigenvalue weighted by atomic mass is 9.96. The highest BCUT2D eigenvalue weighted by atomic mass is 15.3. The maximum Gasteiger partial charge on any atom is 0.225 e. The van der Waals surface area contributed by atoms with Crippen molar-refractivity contribution in [2.75, 3.05) is 25.0 Å².